The molecule has 2 N–H and O–H groups in total. The fraction of sp³-hybridized carbons (Fsp3) is 0.762. The molecule has 0 bridgehead atoms. The van der Waals surface area contributed by atoms with Crippen LogP contribution < -0.4 is 0 Å². The lowest BCUT2D eigenvalue weighted by Gasteiger charge is -2.27. The molecule has 4 atom stereocenters. The van der Waals surface area contributed by atoms with E-state index in [1.807, 2.05) is 13.8 Å². The van der Waals surface area contributed by atoms with Crippen molar-refractivity contribution < 1.29 is 19.7 Å². The highest BCUT2D eigenvalue weighted by atomic mass is 16.5. The Kier molecular flexibility index (Phi) is 9.42. The zero-order chi connectivity index (χ0) is 18.9. The van der Waals surface area contributed by atoms with E-state index >= 15 is 0 Å². The molecule has 0 aromatic heterocycles. The summed E-state index contributed by atoms with van der Waals surface area (Å²) in [5.74, 6) is 5.42. The molecule has 0 heterocycles. The van der Waals surface area contributed by atoms with Gasteiger partial charge in [0.1, 0.15) is 12.4 Å². The zero-order valence-electron chi connectivity index (χ0n) is 16.0. The van der Waals surface area contributed by atoms with E-state index in [9.17, 15) is 15.0 Å². The van der Waals surface area contributed by atoms with E-state index in [-0.39, 0.29) is 24.0 Å². The van der Waals surface area contributed by atoms with Crippen LogP contribution in [0.3, 0.4) is 0 Å². The van der Waals surface area contributed by atoms with Crippen LogP contribution in [0.5, 0.6) is 0 Å². The zero-order valence-corrected chi connectivity index (χ0v) is 16.0. The van der Waals surface area contributed by atoms with E-state index in [1.54, 1.807) is 0 Å². The van der Waals surface area contributed by atoms with Gasteiger partial charge in [-0.05, 0) is 33.1 Å². The topological polar surface area (TPSA) is 66.8 Å². The van der Waals surface area contributed by atoms with E-state index in [2.05, 4.69) is 25.3 Å². The molecular weight excluding hydrogens is 316 g/mol. The van der Waals surface area contributed by atoms with Gasteiger partial charge in [0.2, 0.25) is 0 Å². The predicted octanol–water partition coefficient (Wildman–Crippen LogP) is 3.26. The first kappa shape index (κ1) is 21.9. The van der Waals surface area contributed by atoms with Gasteiger partial charge in [-0.2, -0.15) is 0 Å². The number of hydrogen-bond acceptors (Lipinski definition) is 4. The molecule has 1 rings (SSSR count). The lowest BCUT2D eigenvalue weighted by Crippen LogP contribution is -2.27. The largest absolute Gasteiger partial charge is 0.392 e. The van der Waals surface area contributed by atoms with Crippen LogP contribution >= 0.6 is 0 Å². The smallest absolute Gasteiger partial charge is 0.140 e. The minimum absolute atomic E-state index is 0.0575. The van der Waals surface area contributed by atoms with Crippen LogP contribution in [0.2, 0.25) is 0 Å². The summed E-state index contributed by atoms with van der Waals surface area (Å²) >= 11 is 0. The molecule has 1 aliphatic carbocycles. The third-order valence-electron chi connectivity index (χ3n) is 5.02. The summed E-state index contributed by atoms with van der Waals surface area (Å²) in [6.45, 7) is 11.0. The summed E-state index contributed by atoms with van der Waals surface area (Å²) in [5, 5.41) is 20.7. The summed E-state index contributed by atoms with van der Waals surface area (Å²) in [4.78, 5) is 12.2. The Bertz CT molecular complexity index is 498. The maximum absolute atomic E-state index is 12.2. The molecule has 1 aliphatic rings. The van der Waals surface area contributed by atoms with Gasteiger partial charge < -0.3 is 14.9 Å². The molecule has 1 unspecified atom stereocenters. The standard InChI is InChI=1S/C21H34O4/c1-5-7-12-21(4,24)13-11-16(3)20-17(18(22)15-19(20)23)10-8-9-14-25-6-2/h17,19-20,23-24H,3,5-7,10-15H2,1-2,4H3/t17-,19+,20+,21?/m0/s1. The summed E-state index contributed by atoms with van der Waals surface area (Å²) in [7, 11) is 0. The van der Waals surface area contributed by atoms with Gasteiger partial charge in [-0.15, -0.1) is 5.92 Å². The van der Waals surface area contributed by atoms with Crippen molar-refractivity contribution in [3.63, 3.8) is 0 Å². The molecule has 0 aromatic rings. The fourth-order valence-corrected chi connectivity index (χ4v) is 3.42. The molecule has 142 valence electrons. The van der Waals surface area contributed by atoms with Crippen molar-refractivity contribution >= 4 is 5.78 Å². The number of ether oxygens (including phenoxy) is 1. The van der Waals surface area contributed by atoms with Gasteiger partial charge in [0, 0.05) is 31.3 Å². The molecule has 0 spiro atoms. The van der Waals surface area contributed by atoms with Gasteiger partial charge in [-0.1, -0.05) is 37.8 Å². The summed E-state index contributed by atoms with van der Waals surface area (Å²) in [6.07, 6.45) is 3.94. The van der Waals surface area contributed by atoms with E-state index in [0.717, 1.165) is 24.8 Å². The van der Waals surface area contributed by atoms with E-state index in [4.69, 9.17) is 4.74 Å². The maximum atomic E-state index is 12.2. The van der Waals surface area contributed by atoms with Gasteiger partial charge in [0.15, 0.2) is 0 Å². The molecule has 0 amide bonds. The Hall–Kier alpha value is -1.15. The molecule has 0 aliphatic heterocycles. The van der Waals surface area contributed by atoms with Gasteiger partial charge in [-0.25, -0.2) is 0 Å². The van der Waals surface area contributed by atoms with E-state index in [0.29, 0.717) is 32.5 Å². The minimum atomic E-state index is -0.723. The van der Waals surface area contributed by atoms with Gasteiger partial charge in [-0.3, -0.25) is 4.79 Å². The summed E-state index contributed by atoms with van der Waals surface area (Å²) in [5.41, 5.74) is 0.131. The maximum Gasteiger partial charge on any atom is 0.140 e. The second kappa shape index (κ2) is 10.8. The van der Waals surface area contributed by atoms with E-state index < -0.39 is 11.7 Å². The lowest BCUT2D eigenvalue weighted by molar-refractivity contribution is -0.121. The number of carbonyl (C=O) groups excluding carboxylic acids is 1. The highest BCUT2D eigenvalue weighted by molar-refractivity contribution is 5.85. The van der Waals surface area contributed by atoms with Crippen molar-refractivity contribution in [2.24, 2.45) is 11.8 Å². The predicted molar refractivity (Wildman–Crippen MR) is 100 cm³/mol. The molecule has 1 saturated carbocycles. The number of rotatable bonds is 10. The number of hydrogen-bond donors (Lipinski definition) is 2. The third-order valence-corrected chi connectivity index (χ3v) is 5.02. The molecule has 25 heavy (non-hydrogen) atoms. The number of aliphatic hydroxyl groups excluding tert-OH is 1. The molecule has 0 aromatic carbocycles. The first-order valence-electron chi connectivity index (χ1n) is 9.46. The normalized spacial score (nSPS) is 25.3. The van der Waals surface area contributed by atoms with Crippen molar-refractivity contribution in [3.05, 3.63) is 12.2 Å². The van der Waals surface area contributed by atoms with Crippen LogP contribution in [-0.2, 0) is 9.53 Å². The van der Waals surface area contributed by atoms with E-state index in [1.165, 1.54) is 0 Å². The van der Waals surface area contributed by atoms with Crippen molar-refractivity contribution in [2.45, 2.75) is 77.4 Å². The Morgan fingerprint density at radius 2 is 2.08 bits per heavy atom. The molecule has 1 fully saturated rings. The highest BCUT2D eigenvalue weighted by Gasteiger charge is 2.42. The Morgan fingerprint density at radius 3 is 2.72 bits per heavy atom. The molecule has 4 heteroatoms. The minimum Gasteiger partial charge on any atom is -0.392 e. The second-order valence-corrected chi connectivity index (χ2v) is 7.32. The first-order chi connectivity index (χ1) is 11.8. The Labute approximate surface area is 152 Å². The van der Waals surface area contributed by atoms with Crippen molar-refractivity contribution in [1.29, 1.82) is 0 Å². The van der Waals surface area contributed by atoms with Gasteiger partial charge >= 0.3 is 0 Å². The summed E-state index contributed by atoms with van der Waals surface area (Å²) in [6, 6.07) is 0. The van der Waals surface area contributed by atoms with Crippen LogP contribution in [0.1, 0.15) is 65.7 Å². The number of unbranched alkanes of at least 4 members (excludes halogenated alkanes) is 1. The molecular formula is C21H34O4. The Balaban J connectivity index is 2.62. The SMILES string of the molecule is C=C(CCC(C)(O)CCCC)[C@H]1[C@H](O)CC(=O)[C@@H]1CC#CCOCC. The van der Waals surface area contributed by atoms with Crippen LogP contribution in [0, 0.1) is 23.7 Å². The number of aliphatic hydroxyl groups is 2. The number of carbonyl (C=O) groups is 1. The van der Waals surface area contributed by atoms with Gasteiger partial charge in [0.25, 0.3) is 0 Å². The second-order valence-electron chi connectivity index (χ2n) is 7.32. The number of Topliss-reactive ketones (excluding diaryl/α,β-unsaturated/α-hetero) is 1. The van der Waals surface area contributed by atoms with Crippen molar-refractivity contribution in [3.8, 4) is 11.8 Å². The Morgan fingerprint density at radius 1 is 1.36 bits per heavy atom. The fourth-order valence-electron chi connectivity index (χ4n) is 3.42. The average Bonchev–Trinajstić information content (AvgIpc) is 2.84. The highest BCUT2D eigenvalue weighted by Crippen LogP contribution is 2.38. The van der Waals surface area contributed by atoms with Crippen LogP contribution in [-0.4, -0.2) is 40.9 Å². The quantitative estimate of drug-likeness (QED) is 0.360. The van der Waals surface area contributed by atoms with Crippen LogP contribution in [0.15, 0.2) is 12.2 Å². The average molecular weight is 350 g/mol. The van der Waals surface area contributed by atoms with Crippen LogP contribution in [0.4, 0.5) is 0 Å². The number of ketones is 1. The molecule has 0 radical (unpaired) electrons. The monoisotopic (exact) mass is 350 g/mol. The van der Waals surface area contributed by atoms with Crippen molar-refractivity contribution in [2.75, 3.05) is 13.2 Å². The van der Waals surface area contributed by atoms with Crippen molar-refractivity contribution in [1.82, 2.24) is 0 Å². The lowest BCUT2D eigenvalue weighted by atomic mass is 9.81. The third kappa shape index (κ3) is 7.32. The van der Waals surface area contributed by atoms with Crippen LogP contribution in [0.25, 0.3) is 0 Å². The molecule has 4 nitrogen and oxygen atoms in total. The first-order valence-corrected chi connectivity index (χ1v) is 9.46. The summed E-state index contributed by atoms with van der Waals surface area (Å²) < 4.78 is 5.18. The molecule has 0 saturated heterocycles. The van der Waals surface area contributed by atoms with Gasteiger partial charge in [0.05, 0.1) is 11.7 Å².